The number of nitrogens with zero attached hydrogens (tertiary/aromatic N) is 1. The Hall–Kier alpha value is -1.26. The number of methoxy groups -OCH3 is 1. The Kier molecular flexibility index (Phi) is 7.17. The summed E-state index contributed by atoms with van der Waals surface area (Å²) < 4.78 is 5.17. The molecule has 0 unspecified atom stereocenters. The van der Waals surface area contributed by atoms with E-state index in [2.05, 4.69) is 0 Å². The third-order valence-corrected chi connectivity index (χ3v) is 4.61. The van der Waals surface area contributed by atoms with Crippen molar-refractivity contribution in [3.8, 4) is 5.75 Å². The number of ether oxygens (including phenoxy) is 1. The number of carbonyl (C=O) groups is 1. The molecule has 0 heterocycles. The van der Waals surface area contributed by atoms with Gasteiger partial charge in [-0.3, -0.25) is 4.79 Å². The minimum Gasteiger partial charge on any atom is -0.497 e. The first kappa shape index (κ1) is 18.8. The minimum absolute atomic E-state index is 0. The Morgan fingerprint density at radius 2 is 1.86 bits per heavy atom. The van der Waals surface area contributed by atoms with Crippen LogP contribution in [-0.2, 0) is 11.3 Å². The fourth-order valence-electron chi connectivity index (χ4n) is 3.17. The van der Waals surface area contributed by atoms with Gasteiger partial charge < -0.3 is 15.4 Å². The second-order valence-electron chi connectivity index (χ2n) is 5.86. The molecule has 1 amide bonds. The van der Waals surface area contributed by atoms with Crippen LogP contribution in [-0.4, -0.2) is 31.0 Å². The second kappa shape index (κ2) is 8.39. The number of hydrogen-bond donors (Lipinski definition) is 1. The monoisotopic (exact) mass is 326 g/mol. The van der Waals surface area contributed by atoms with Gasteiger partial charge in [0.05, 0.1) is 12.5 Å². The van der Waals surface area contributed by atoms with Gasteiger partial charge in [0.15, 0.2) is 0 Å². The third-order valence-electron chi connectivity index (χ3n) is 4.61. The Bertz CT molecular complexity index is 470. The van der Waals surface area contributed by atoms with Crippen LogP contribution in [0.15, 0.2) is 24.3 Å². The maximum absolute atomic E-state index is 12.9. The maximum Gasteiger partial charge on any atom is 0.230 e. The molecule has 0 aromatic heterocycles. The first-order valence-corrected chi connectivity index (χ1v) is 7.77. The van der Waals surface area contributed by atoms with Gasteiger partial charge in [0.25, 0.3) is 0 Å². The molecule has 2 rings (SSSR count). The minimum atomic E-state index is -0.317. The molecule has 1 aromatic carbocycles. The average Bonchev–Trinajstić information content (AvgIpc) is 3.02. The highest BCUT2D eigenvalue weighted by atomic mass is 35.5. The van der Waals surface area contributed by atoms with Crippen LogP contribution < -0.4 is 10.5 Å². The summed E-state index contributed by atoms with van der Waals surface area (Å²) in [4.78, 5) is 14.8. The van der Waals surface area contributed by atoms with Crippen LogP contribution in [0.4, 0.5) is 0 Å². The molecule has 22 heavy (non-hydrogen) atoms. The lowest BCUT2D eigenvalue weighted by atomic mass is 9.84. The maximum atomic E-state index is 12.9. The molecule has 1 aliphatic rings. The predicted octanol–water partition coefficient (Wildman–Crippen LogP) is 2.98. The number of amides is 1. The number of benzene rings is 1. The van der Waals surface area contributed by atoms with Gasteiger partial charge in [-0.05, 0) is 37.5 Å². The molecule has 1 saturated carbocycles. The van der Waals surface area contributed by atoms with E-state index in [0.717, 1.165) is 37.0 Å². The Morgan fingerprint density at radius 3 is 2.32 bits per heavy atom. The molecular formula is C17H27ClN2O2. The summed E-state index contributed by atoms with van der Waals surface area (Å²) in [7, 11) is 1.65. The standard InChI is InChI=1S/C17H26N2O2.ClH/c1-3-19(12-14-6-8-15(21-2)9-7-14)16(20)17(13-18)10-4-5-11-17;/h6-9H,3-5,10-13,18H2,1-2H3;1H. The smallest absolute Gasteiger partial charge is 0.230 e. The fourth-order valence-corrected chi connectivity index (χ4v) is 3.17. The molecular weight excluding hydrogens is 300 g/mol. The van der Waals surface area contributed by atoms with E-state index in [1.165, 1.54) is 0 Å². The number of hydrogen-bond acceptors (Lipinski definition) is 3. The number of halogens is 1. The molecule has 2 N–H and O–H groups in total. The summed E-state index contributed by atoms with van der Waals surface area (Å²) in [5.41, 5.74) is 6.73. The lowest BCUT2D eigenvalue weighted by molar-refractivity contribution is -0.141. The Balaban J connectivity index is 0.00000242. The number of rotatable bonds is 6. The van der Waals surface area contributed by atoms with Gasteiger partial charge in [0.2, 0.25) is 5.91 Å². The van der Waals surface area contributed by atoms with Crippen LogP contribution in [0.3, 0.4) is 0 Å². The molecule has 0 atom stereocenters. The zero-order valence-electron chi connectivity index (χ0n) is 13.5. The molecule has 0 saturated heterocycles. The number of carbonyl (C=O) groups excluding carboxylic acids is 1. The van der Waals surface area contributed by atoms with Gasteiger partial charge in [0, 0.05) is 19.6 Å². The lowest BCUT2D eigenvalue weighted by Crippen LogP contribution is -2.46. The quantitative estimate of drug-likeness (QED) is 0.874. The van der Waals surface area contributed by atoms with Gasteiger partial charge in [0.1, 0.15) is 5.75 Å². The van der Waals surface area contributed by atoms with Crippen molar-refractivity contribution in [1.29, 1.82) is 0 Å². The summed E-state index contributed by atoms with van der Waals surface area (Å²) in [6.45, 7) is 3.85. The summed E-state index contributed by atoms with van der Waals surface area (Å²) in [5, 5.41) is 0. The van der Waals surface area contributed by atoms with Crippen molar-refractivity contribution in [2.45, 2.75) is 39.2 Å². The molecule has 0 spiro atoms. The van der Waals surface area contributed by atoms with Crippen LogP contribution in [0.1, 0.15) is 38.2 Å². The van der Waals surface area contributed by atoms with E-state index in [4.69, 9.17) is 10.5 Å². The molecule has 0 bridgehead atoms. The molecule has 124 valence electrons. The topological polar surface area (TPSA) is 55.6 Å². The highest BCUT2D eigenvalue weighted by molar-refractivity contribution is 5.85. The fraction of sp³-hybridized carbons (Fsp3) is 0.588. The van der Waals surface area contributed by atoms with Gasteiger partial charge in [-0.15, -0.1) is 12.4 Å². The van der Waals surface area contributed by atoms with E-state index in [0.29, 0.717) is 19.6 Å². The van der Waals surface area contributed by atoms with E-state index < -0.39 is 0 Å². The van der Waals surface area contributed by atoms with Crippen molar-refractivity contribution >= 4 is 18.3 Å². The molecule has 1 aromatic rings. The normalized spacial score (nSPS) is 16.0. The molecule has 0 radical (unpaired) electrons. The van der Waals surface area contributed by atoms with Gasteiger partial charge in [-0.25, -0.2) is 0 Å². The molecule has 4 nitrogen and oxygen atoms in total. The Morgan fingerprint density at radius 1 is 1.27 bits per heavy atom. The second-order valence-corrected chi connectivity index (χ2v) is 5.86. The first-order chi connectivity index (χ1) is 10.1. The van der Waals surface area contributed by atoms with Crippen molar-refractivity contribution < 1.29 is 9.53 Å². The van der Waals surface area contributed by atoms with Crippen LogP contribution >= 0.6 is 12.4 Å². The van der Waals surface area contributed by atoms with E-state index in [9.17, 15) is 4.79 Å². The molecule has 5 heteroatoms. The van der Waals surface area contributed by atoms with Crippen LogP contribution in [0.2, 0.25) is 0 Å². The SMILES string of the molecule is CCN(Cc1ccc(OC)cc1)C(=O)C1(CN)CCCC1.Cl. The van der Waals surface area contributed by atoms with E-state index >= 15 is 0 Å². The molecule has 1 aliphatic carbocycles. The average molecular weight is 327 g/mol. The van der Waals surface area contributed by atoms with Gasteiger partial charge >= 0.3 is 0 Å². The van der Waals surface area contributed by atoms with Crippen molar-refractivity contribution in [3.05, 3.63) is 29.8 Å². The zero-order valence-corrected chi connectivity index (χ0v) is 14.3. The summed E-state index contributed by atoms with van der Waals surface area (Å²) >= 11 is 0. The molecule has 1 fully saturated rings. The lowest BCUT2D eigenvalue weighted by Gasteiger charge is -2.33. The van der Waals surface area contributed by atoms with Crippen molar-refractivity contribution in [2.75, 3.05) is 20.2 Å². The Labute approximate surface area is 139 Å². The van der Waals surface area contributed by atoms with Gasteiger partial charge in [-0.2, -0.15) is 0 Å². The highest BCUT2D eigenvalue weighted by Gasteiger charge is 2.41. The van der Waals surface area contributed by atoms with E-state index in [1.807, 2.05) is 36.1 Å². The third kappa shape index (κ3) is 3.93. The van der Waals surface area contributed by atoms with Crippen molar-refractivity contribution in [2.24, 2.45) is 11.1 Å². The summed E-state index contributed by atoms with van der Waals surface area (Å²) in [6, 6.07) is 7.89. The predicted molar refractivity (Wildman–Crippen MR) is 91.3 cm³/mol. The van der Waals surface area contributed by atoms with Crippen molar-refractivity contribution in [3.63, 3.8) is 0 Å². The zero-order chi connectivity index (χ0) is 15.3. The van der Waals surface area contributed by atoms with E-state index in [-0.39, 0.29) is 23.7 Å². The van der Waals surface area contributed by atoms with Crippen LogP contribution in [0.5, 0.6) is 5.75 Å². The van der Waals surface area contributed by atoms with Gasteiger partial charge in [-0.1, -0.05) is 25.0 Å². The molecule has 0 aliphatic heterocycles. The number of nitrogens with two attached hydrogens (primary N) is 1. The van der Waals surface area contributed by atoms with E-state index in [1.54, 1.807) is 7.11 Å². The van der Waals surface area contributed by atoms with Crippen LogP contribution in [0.25, 0.3) is 0 Å². The largest absolute Gasteiger partial charge is 0.497 e. The highest BCUT2D eigenvalue weighted by Crippen LogP contribution is 2.39. The summed E-state index contributed by atoms with van der Waals surface area (Å²) in [6.07, 6.45) is 4.09. The first-order valence-electron chi connectivity index (χ1n) is 7.77. The van der Waals surface area contributed by atoms with Crippen LogP contribution in [0, 0.1) is 5.41 Å². The summed E-state index contributed by atoms with van der Waals surface area (Å²) in [5.74, 6) is 1.06. The van der Waals surface area contributed by atoms with Crippen molar-refractivity contribution in [1.82, 2.24) is 4.90 Å².